The molecule has 0 bridgehead atoms. The van der Waals surface area contributed by atoms with E-state index < -0.39 is 5.97 Å². The molecule has 1 aromatic carbocycles. The van der Waals surface area contributed by atoms with Crippen molar-refractivity contribution >= 4 is 5.97 Å². The molecule has 4 nitrogen and oxygen atoms in total. The largest absolute Gasteiger partial charge is 0.481 e. The summed E-state index contributed by atoms with van der Waals surface area (Å²) >= 11 is 0. The minimum atomic E-state index is -0.851. The van der Waals surface area contributed by atoms with Crippen molar-refractivity contribution in [1.29, 1.82) is 0 Å². The van der Waals surface area contributed by atoms with Crippen LogP contribution in [0.5, 0.6) is 0 Å². The number of carbonyl (C=O) groups is 1. The molecule has 2 atom stereocenters. The van der Waals surface area contributed by atoms with Crippen molar-refractivity contribution in [2.75, 3.05) is 19.7 Å². The van der Waals surface area contributed by atoms with Crippen LogP contribution in [0.1, 0.15) is 31.4 Å². The van der Waals surface area contributed by atoms with E-state index in [0.717, 1.165) is 18.5 Å². The summed E-state index contributed by atoms with van der Waals surface area (Å²) in [6.07, 6.45) is 0.572. The third-order valence-electron chi connectivity index (χ3n) is 3.63. The summed E-state index contributed by atoms with van der Waals surface area (Å²) in [5.41, 5.74) is 0.934. The van der Waals surface area contributed by atoms with E-state index in [-0.39, 0.29) is 24.4 Å². The van der Waals surface area contributed by atoms with E-state index in [1.54, 1.807) is 12.1 Å². The number of halogens is 1. The molecule has 0 saturated carbocycles. The summed E-state index contributed by atoms with van der Waals surface area (Å²) in [5.74, 6) is -1.09. The number of nitrogens with zero attached hydrogens (tertiary/aromatic N) is 1. The Bertz CT molecular complexity index is 466. The molecular weight excluding hydrogens is 261 g/mol. The molecular formula is C15H20FNO3. The molecule has 0 radical (unpaired) electrons. The van der Waals surface area contributed by atoms with Gasteiger partial charge >= 0.3 is 5.97 Å². The van der Waals surface area contributed by atoms with Gasteiger partial charge in [0, 0.05) is 19.1 Å². The Balaban J connectivity index is 2.09. The Labute approximate surface area is 118 Å². The minimum Gasteiger partial charge on any atom is -0.481 e. The predicted octanol–water partition coefficient (Wildman–Crippen LogP) is 2.45. The van der Waals surface area contributed by atoms with Crippen LogP contribution in [0.2, 0.25) is 0 Å². The number of rotatable bonds is 5. The van der Waals surface area contributed by atoms with Crippen LogP contribution >= 0.6 is 0 Å². The van der Waals surface area contributed by atoms with Crippen molar-refractivity contribution < 1.29 is 19.0 Å². The molecule has 1 saturated heterocycles. The van der Waals surface area contributed by atoms with Crippen LogP contribution in [-0.2, 0) is 9.53 Å². The molecule has 0 aromatic heterocycles. The fourth-order valence-corrected chi connectivity index (χ4v) is 2.76. The Morgan fingerprint density at radius 1 is 1.60 bits per heavy atom. The zero-order chi connectivity index (χ0) is 14.5. The number of hydrogen-bond acceptors (Lipinski definition) is 3. The summed E-state index contributed by atoms with van der Waals surface area (Å²) in [6, 6.07) is 6.71. The highest BCUT2D eigenvalue weighted by molar-refractivity contribution is 5.67. The summed E-state index contributed by atoms with van der Waals surface area (Å²) in [4.78, 5) is 13.0. The summed E-state index contributed by atoms with van der Waals surface area (Å²) in [6.45, 7) is 3.88. The van der Waals surface area contributed by atoms with Crippen molar-refractivity contribution in [2.24, 2.45) is 0 Å². The van der Waals surface area contributed by atoms with Gasteiger partial charge in [-0.1, -0.05) is 19.1 Å². The lowest BCUT2D eigenvalue weighted by molar-refractivity contribution is -0.142. The Kier molecular flexibility index (Phi) is 5.09. The van der Waals surface area contributed by atoms with Crippen molar-refractivity contribution in [3.63, 3.8) is 0 Å². The van der Waals surface area contributed by atoms with E-state index >= 15 is 0 Å². The predicted molar refractivity (Wildman–Crippen MR) is 73.0 cm³/mol. The van der Waals surface area contributed by atoms with Gasteiger partial charge in [0.25, 0.3) is 0 Å². The highest BCUT2D eigenvalue weighted by Gasteiger charge is 2.27. The summed E-state index contributed by atoms with van der Waals surface area (Å²) in [5, 5.41) is 8.85. The third kappa shape index (κ3) is 3.77. The fraction of sp³-hybridized carbons (Fsp3) is 0.533. The maximum Gasteiger partial charge on any atom is 0.306 e. The Morgan fingerprint density at radius 3 is 3.05 bits per heavy atom. The van der Waals surface area contributed by atoms with Crippen LogP contribution in [0.3, 0.4) is 0 Å². The molecule has 1 aliphatic heterocycles. The number of benzene rings is 1. The average Bonchev–Trinajstić information content (AvgIpc) is 2.39. The van der Waals surface area contributed by atoms with Gasteiger partial charge in [-0.3, -0.25) is 9.69 Å². The van der Waals surface area contributed by atoms with Crippen LogP contribution < -0.4 is 0 Å². The van der Waals surface area contributed by atoms with Crippen LogP contribution in [0, 0.1) is 5.82 Å². The van der Waals surface area contributed by atoms with Gasteiger partial charge in [-0.15, -0.1) is 0 Å². The fourth-order valence-electron chi connectivity index (χ4n) is 2.76. The topological polar surface area (TPSA) is 49.8 Å². The molecule has 5 heteroatoms. The van der Waals surface area contributed by atoms with Crippen LogP contribution in [0.25, 0.3) is 0 Å². The molecule has 1 heterocycles. The molecule has 1 aromatic rings. The zero-order valence-electron chi connectivity index (χ0n) is 11.6. The lowest BCUT2D eigenvalue weighted by Gasteiger charge is -2.37. The highest BCUT2D eigenvalue weighted by atomic mass is 19.1. The van der Waals surface area contributed by atoms with Gasteiger partial charge in [0.15, 0.2) is 0 Å². The molecule has 0 amide bonds. The first-order valence-corrected chi connectivity index (χ1v) is 6.93. The third-order valence-corrected chi connectivity index (χ3v) is 3.63. The summed E-state index contributed by atoms with van der Waals surface area (Å²) < 4.78 is 18.8. The average molecular weight is 281 g/mol. The SMILES string of the molecule is CCC(c1cccc(F)c1)N1CCOC(CC(=O)O)C1. The van der Waals surface area contributed by atoms with E-state index in [9.17, 15) is 9.18 Å². The number of carboxylic acids is 1. The van der Waals surface area contributed by atoms with Crippen molar-refractivity contribution in [1.82, 2.24) is 4.90 Å². The normalized spacial score (nSPS) is 21.6. The second-order valence-corrected chi connectivity index (χ2v) is 5.06. The maximum absolute atomic E-state index is 13.4. The first-order chi connectivity index (χ1) is 9.60. The van der Waals surface area contributed by atoms with Crippen molar-refractivity contribution in [2.45, 2.75) is 31.9 Å². The molecule has 2 rings (SSSR count). The van der Waals surface area contributed by atoms with Gasteiger partial charge in [0.1, 0.15) is 5.82 Å². The van der Waals surface area contributed by atoms with Crippen LogP contribution in [-0.4, -0.2) is 41.8 Å². The van der Waals surface area contributed by atoms with E-state index in [1.165, 1.54) is 6.07 Å². The Hall–Kier alpha value is -1.46. The van der Waals surface area contributed by atoms with Crippen molar-refractivity contribution in [3.05, 3.63) is 35.6 Å². The molecule has 0 aliphatic carbocycles. The van der Waals surface area contributed by atoms with Gasteiger partial charge in [-0.25, -0.2) is 4.39 Å². The second kappa shape index (κ2) is 6.81. The lowest BCUT2D eigenvalue weighted by atomic mass is 10.0. The zero-order valence-corrected chi connectivity index (χ0v) is 11.6. The number of ether oxygens (including phenoxy) is 1. The number of morpholine rings is 1. The molecule has 20 heavy (non-hydrogen) atoms. The van der Waals surface area contributed by atoms with Gasteiger partial charge < -0.3 is 9.84 Å². The van der Waals surface area contributed by atoms with Gasteiger partial charge in [-0.2, -0.15) is 0 Å². The molecule has 1 fully saturated rings. The summed E-state index contributed by atoms with van der Waals surface area (Å²) in [7, 11) is 0. The number of aliphatic carboxylic acids is 1. The van der Waals surface area contributed by atoms with E-state index in [0.29, 0.717) is 13.2 Å². The van der Waals surface area contributed by atoms with Gasteiger partial charge in [-0.05, 0) is 24.1 Å². The lowest BCUT2D eigenvalue weighted by Crippen LogP contribution is -2.44. The molecule has 0 spiro atoms. The van der Waals surface area contributed by atoms with E-state index in [2.05, 4.69) is 11.8 Å². The molecule has 1 N–H and O–H groups in total. The maximum atomic E-state index is 13.4. The number of hydrogen-bond donors (Lipinski definition) is 1. The van der Waals surface area contributed by atoms with Crippen LogP contribution in [0.15, 0.2) is 24.3 Å². The van der Waals surface area contributed by atoms with Gasteiger partial charge in [0.05, 0.1) is 19.1 Å². The molecule has 110 valence electrons. The first-order valence-electron chi connectivity index (χ1n) is 6.93. The van der Waals surface area contributed by atoms with E-state index in [1.807, 2.05) is 6.07 Å². The number of carboxylic acid groups (broad SMARTS) is 1. The Morgan fingerprint density at radius 2 is 2.40 bits per heavy atom. The van der Waals surface area contributed by atoms with Crippen LogP contribution in [0.4, 0.5) is 4.39 Å². The second-order valence-electron chi connectivity index (χ2n) is 5.06. The van der Waals surface area contributed by atoms with Crippen molar-refractivity contribution in [3.8, 4) is 0 Å². The quantitative estimate of drug-likeness (QED) is 0.900. The minimum absolute atomic E-state index is 0.0100. The molecule has 1 aliphatic rings. The first kappa shape index (κ1) is 14.9. The monoisotopic (exact) mass is 281 g/mol. The van der Waals surface area contributed by atoms with Gasteiger partial charge in [0.2, 0.25) is 0 Å². The van der Waals surface area contributed by atoms with E-state index in [4.69, 9.17) is 9.84 Å². The standard InChI is InChI=1S/C15H20FNO3/c1-2-14(11-4-3-5-12(16)8-11)17-6-7-20-13(10-17)9-15(18)19/h3-5,8,13-14H,2,6-7,9-10H2,1H3,(H,18,19). The smallest absolute Gasteiger partial charge is 0.306 e. The molecule has 2 unspecified atom stereocenters. The highest BCUT2D eigenvalue weighted by Crippen LogP contribution is 2.27.